The van der Waals surface area contributed by atoms with Crippen molar-refractivity contribution in [1.82, 2.24) is 0 Å². The monoisotopic (exact) mass is 330 g/mol. The van der Waals surface area contributed by atoms with E-state index in [0.29, 0.717) is 6.42 Å². The van der Waals surface area contributed by atoms with Gasteiger partial charge in [0.05, 0.1) is 5.41 Å². The number of alkyl halides is 6. The molecule has 0 saturated heterocycles. The first-order valence-electron chi connectivity index (χ1n) is 7.24. The number of carboxylic acid groups (broad SMARTS) is 1. The van der Waals surface area contributed by atoms with Crippen molar-refractivity contribution in [1.29, 1.82) is 0 Å². The van der Waals surface area contributed by atoms with Gasteiger partial charge in [-0.05, 0) is 50.4 Å². The van der Waals surface area contributed by atoms with Gasteiger partial charge in [-0.3, -0.25) is 4.79 Å². The third-order valence-electron chi connectivity index (χ3n) is 5.83. The van der Waals surface area contributed by atoms with Crippen molar-refractivity contribution in [3.05, 3.63) is 0 Å². The van der Waals surface area contributed by atoms with Gasteiger partial charge >= 0.3 is 12.1 Å². The number of hydrogen-bond acceptors (Lipinski definition) is 1. The lowest BCUT2D eigenvalue weighted by Gasteiger charge is -2.62. The van der Waals surface area contributed by atoms with Crippen LogP contribution in [0.1, 0.15) is 38.5 Å². The highest BCUT2D eigenvalue weighted by atomic mass is 19.4. The Kier molecular flexibility index (Phi) is 3.13. The highest BCUT2D eigenvalue weighted by molar-refractivity contribution is 5.75. The fourth-order valence-electron chi connectivity index (χ4n) is 5.38. The molecule has 4 saturated carbocycles. The van der Waals surface area contributed by atoms with Crippen molar-refractivity contribution < 1.29 is 36.2 Å². The van der Waals surface area contributed by atoms with E-state index in [1.54, 1.807) is 0 Å². The lowest BCUT2D eigenvalue weighted by atomic mass is 9.42. The molecule has 4 rings (SSSR count). The average molecular weight is 330 g/mol. The average Bonchev–Trinajstić information content (AvgIpc) is 2.34. The third-order valence-corrected chi connectivity index (χ3v) is 5.83. The summed E-state index contributed by atoms with van der Waals surface area (Å²) in [5.74, 6) is -6.56. The van der Waals surface area contributed by atoms with E-state index < -0.39 is 41.5 Å². The summed E-state index contributed by atoms with van der Waals surface area (Å²) in [5.41, 5.74) is -3.61. The van der Waals surface area contributed by atoms with Gasteiger partial charge in [0.2, 0.25) is 0 Å². The molecule has 22 heavy (non-hydrogen) atoms. The zero-order valence-electron chi connectivity index (χ0n) is 11.6. The molecule has 0 spiro atoms. The van der Waals surface area contributed by atoms with Crippen molar-refractivity contribution >= 4 is 5.97 Å². The number of carbonyl (C=O) groups is 1. The van der Waals surface area contributed by atoms with E-state index in [9.17, 15) is 36.2 Å². The Labute approximate surface area is 122 Å². The van der Waals surface area contributed by atoms with E-state index in [1.807, 2.05) is 0 Å². The van der Waals surface area contributed by atoms with Crippen molar-refractivity contribution in [2.45, 2.75) is 56.8 Å². The Morgan fingerprint density at radius 2 is 1.55 bits per heavy atom. The van der Waals surface area contributed by atoms with Crippen LogP contribution in [-0.4, -0.2) is 29.3 Å². The van der Waals surface area contributed by atoms with E-state index in [0.717, 1.165) is 0 Å². The lowest BCUT2D eigenvalue weighted by Crippen LogP contribution is -2.64. The summed E-state index contributed by atoms with van der Waals surface area (Å²) < 4.78 is 79.8. The molecular weight excluding hydrogens is 314 g/mol. The predicted molar refractivity (Wildman–Crippen MR) is 63.1 cm³/mol. The number of aliphatic carboxylic acids is 1. The molecule has 0 aromatic rings. The van der Waals surface area contributed by atoms with Crippen molar-refractivity contribution in [2.24, 2.45) is 22.7 Å². The molecule has 4 fully saturated rings. The fourth-order valence-corrected chi connectivity index (χ4v) is 5.38. The quantitative estimate of drug-likeness (QED) is 0.788. The minimum absolute atomic E-state index is 0.208. The van der Waals surface area contributed by atoms with Gasteiger partial charge in [-0.25, -0.2) is 13.2 Å². The smallest absolute Gasteiger partial charge is 0.425 e. The predicted octanol–water partition coefficient (Wildman–Crippen LogP) is 4.19. The molecule has 0 heterocycles. The number of carboxylic acids is 1. The topological polar surface area (TPSA) is 37.3 Å². The molecule has 0 amide bonds. The Balaban J connectivity index is 2.01. The summed E-state index contributed by atoms with van der Waals surface area (Å²) in [6, 6.07) is 0. The van der Waals surface area contributed by atoms with Gasteiger partial charge < -0.3 is 5.11 Å². The molecule has 2 nitrogen and oxygen atoms in total. The Morgan fingerprint density at radius 1 is 1.05 bits per heavy atom. The van der Waals surface area contributed by atoms with Crippen LogP contribution in [0.2, 0.25) is 0 Å². The minimum Gasteiger partial charge on any atom is -0.481 e. The fraction of sp³-hybridized carbons (Fsp3) is 0.929. The Hall–Kier alpha value is -0.950. The van der Waals surface area contributed by atoms with Gasteiger partial charge in [0.1, 0.15) is 0 Å². The van der Waals surface area contributed by atoms with Crippen molar-refractivity contribution in [3.63, 3.8) is 0 Å². The van der Waals surface area contributed by atoms with Gasteiger partial charge in [-0.2, -0.15) is 13.2 Å². The minimum atomic E-state index is -5.65. The van der Waals surface area contributed by atoms with Crippen molar-refractivity contribution in [3.8, 4) is 0 Å². The summed E-state index contributed by atoms with van der Waals surface area (Å²) in [6.45, 7) is 0. The third kappa shape index (κ3) is 1.98. The van der Waals surface area contributed by atoms with Crippen LogP contribution in [-0.2, 0) is 4.79 Å². The van der Waals surface area contributed by atoms with Crippen LogP contribution in [0.25, 0.3) is 0 Å². The van der Waals surface area contributed by atoms with E-state index >= 15 is 0 Å². The largest absolute Gasteiger partial charge is 0.481 e. The molecule has 4 aliphatic rings. The molecule has 0 aliphatic heterocycles. The molecule has 0 unspecified atom stereocenters. The maximum Gasteiger partial charge on any atom is 0.425 e. The second kappa shape index (κ2) is 4.32. The maximum absolute atomic E-state index is 14.4. The molecule has 8 heteroatoms. The van der Waals surface area contributed by atoms with Gasteiger partial charge in [-0.15, -0.1) is 0 Å². The molecule has 126 valence electrons. The molecule has 4 aliphatic carbocycles. The maximum atomic E-state index is 14.4. The van der Waals surface area contributed by atoms with Crippen LogP contribution < -0.4 is 0 Å². The molecule has 1 N–H and O–H groups in total. The van der Waals surface area contributed by atoms with E-state index in [-0.39, 0.29) is 37.5 Å². The molecule has 0 radical (unpaired) electrons. The first kappa shape index (κ1) is 15.9. The molecule has 4 bridgehead atoms. The summed E-state index contributed by atoms with van der Waals surface area (Å²) in [5, 5.41) is 9.40. The van der Waals surface area contributed by atoms with Gasteiger partial charge in [0.25, 0.3) is 12.1 Å². The number of halogens is 6. The Bertz CT molecular complexity index is 486. The van der Waals surface area contributed by atoms with Gasteiger partial charge in [0.15, 0.2) is 0 Å². The summed E-state index contributed by atoms with van der Waals surface area (Å²) in [7, 11) is 0. The summed E-state index contributed by atoms with van der Waals surface area (Å²) in [4.78, 5) is 11.5. The molecule has 0 aromatic carbocycles. The SMILES string of the molecule is O=C(O)C12C[C@@H]3C[C@@H](C1)CC(C(F)(F)[C@H](F)C(F)(F)F)(C3)C2. The molecule has 0 aromatic heterocycles. The summed E-state index contributed by atoms with van der Waals surface area (Å²) in [6.07, 6.45) is -9.93. The zero-order chi connectivity index (χ0) is 16.6. The zero-order valence-corrected chi connectivity index (χ0v) is 11.6. The lowest BCUT2D eigenvalue weighted by molar-refractivity contribution is -0.306. The second-order valence-electron chi connectivity index (χ2n) is 7.35. The first-order valence-corrected chi connectivity index (χ1v) is 7.24. The van der Waals surface area contributed by atoms with E-state index in [2.05, 4.69) is 0 Å². The number of hydrogen-bond donors (Lipinski definition) is 1. The van der Waals surface area contributed by atoms with Crippen LogP contribution in [0.3, 0.4) is 0 Å². The van der Waals surface area contributed by atoms with Crippen LogP contribution in [0, 0.1) is 22.7 Å². The summed E-state index contributed by atoms with van der Waals surface area (Å²) >= 11 is 0. The standard InChI is InChI=1S/C14H16F6O2/c15-9(14(18,19)20)13(16,17)12-4-7-1-8(5-12)3-11(2-7,6-12)10(21)22/h7-9H,1-6H2,(H,21,22)/t7-,8-,9-,11?,12?/m0/s1. The molecular formula is C14H16F6O2. The Morgan fingerprint density at radius 3 is 1.95 bits per heavy atom. The van der Waals surface area contributed by atoms with E-state index in [4.69, 9.17) is 0 Å². The van der Waals surface area contributed by atoms with Crippen molar-refractivity contribution in [2.75, 3.05) is 0 Å². The highest BCUT2D eigenvalue weighted by Gasteiger charge is 2.73. The number of rotatable bonds is 3. The van der Waals surface area contributed by atoms with E-state index in [1.165, 1.54) is 0 Å². The van der Waals surface area contributed by atoms with Gasteiger partial charge in [0, 0.05) is 5.41 Å². The highest BCUT2D eigenvalue weighted by Crippen LogP contribution is 2.70. The van der Waals surface area contributed by atoms with Crippen LogP contribution >= 0.6 is 0 Å². The van der Waals surface area contributed by atoms with Crippen LogP contribution in [0.15, 0.2) is 0 Å². The first-order chi connectivity index (χ1) is 9.92. The van der Waals surface area contributed by atoms with Crippen LogP contribution in [0.4, 0.5) is 26.3 Å². The normalized spacial score (nSPS) is 42.5. The second-order valence-corrected chi connectivity index (χ2v) is 7.35. The molecule has 3 atom stereocenters. The van der Waals surface area contributed by atoms with Crippen LogP contribution in [0.5, 0.6) is 0 Å². The van der Waals surface area contributed by atoms with Gasteiger partial charge in [-0.1, -0.05) is 0 Å².